The van der Waals surface area contributed by atoms with E-state index in [1.54, 1.807) is 5.56 Å². The van der Waals surface area contributed by atoms with Gasteiger partial charge in [0.25, 0.3) is 0 Å². The number of rotatable bonds is 3. The van der Waals surface area contributed by atoms with Gasteiger partial charge in [-0.05, 0) is 44.1 Å². The minimum Gasteiger partial charge on any atom is -0.374 e. The van der Waals surface area contributed by atoms with Gasteiger partial charge in [0, 0.05) is 25.2 Å². The number of nitrogens with one attached hydrogen (secondary N) is 1. The first-order chi connectivity index (χ1) is 7.24. The fourth-order valence-corrected chi connectivity index (χ4v) is 2.60. The van der Waals surface area contributed by atoms with Gasteiger partial charge in [0.15, 0.2) is 0 Å². The highest BCUT2D eigenvalue weighted by atomic mass is 15.1. The van der Waals surface area contributed by atoms with E-state index in [-0.39, 0.29) is 0 Å². The van der Waals surface area contributed by atoms with Crippen molar-refractivity contribution in [1.29, 1.82) is 0 Å². The number of aryl methyl sites for hydroxylation is 1. The van der Waals surface area contributed by atoms with Gasteiger partial charge >= 0.3 is 0 Å². The van der Waals surface area contributed by atoms with Crippen molar-refractivity contribution < 1.29 is 0 Å². The molecule has 15 heavy (non-hydrogen) atoms. The van der Waals surface area contributed by atoms with Crippen LogP contribution >= 0.6 is 0 Å². The van der Waals surface area contributed by atoms with Crippen LogP contribution in [0.5, 0.6) is 0 Å². The van der Waals surface area contributed by atoms with Crippen molar-refractivity contribution in [2.45, 2.75) is 19.3 Å². The minimum absolute atomic E-state index is 0.707. The molecule has 0 aliphatic carbocycles. The van der Waals surface area contributed by atoms with Crippen molar-refractivity contribution in [2.24, 2.45) is 0 Å². The molecule has 1 atom stereocenters. The molecule has 1 aliphatic rings. The average Bonchev–Trinajstić information content (AvgIpc) is 2.55. The van der Waals surface area contributed by atoms with E-state index in [9.17, 15) is 0 Å². The third-order valence-corrected chi connectivity index (χ3v) is 3.36. The van der Waals surface area contributed by atoms with Crippen LogP contribution in [0.15, 0.2) is 18.2 Å². The summed E-state index contributed by atoms with van der Waals surface area (Å²) in [6.07, 6.45) is 1.23. The SMILES string of the molecule is CNCCC1CN(C)c2cccc(C)c21. The molecular formula is C13H20N2. The summed E-state index contributed by atoms with van der Waals surface area (Å²) >= 11 is 0. The second kappa shape index (κ2) is 4.23. The molecule has 1 heterocycles. The van der Waals surface area contributed by atoms with Crippen LogP contribution in [0.2, 0.25) is 0 Å². The number of anilines is 1. The topological polar surface area (TPSA) is 15.3 Å². The van der Waals surface area contributed by atoms with Crippen molar-refractivity contribution in [3.8, 4) is 0 Å². The molecule has 0 radical (unpaired) electrons. The maximum Gasteiger partial charge on any atom is 0.0402 e. The summed E-state index contributed by atoms with van der Waals surface area (Å²) in [7, 11) is 4.22. The summed E-state index contributed by atoms with van der Waals surface area (Å²) in [5, 5.41) is 3.24. The smallest absolute Gasteiger partial charge is 0.0402 e. The molecule has 1 unspecified atom stereocenters. The van der Waals surface area contributed by atoms with Gasteiger partial charge in [-0.1, -0.05) is 12.1 Å². The van der Waals surface area contributed by atoms with E-state index in [0.29, 0.717) is 5.92 Å². The molecule has 0 bridgehead atoms. The van der Waals surface area contributed by atoms with E-state index in [1.165, 1.54) is 24.2 Å². The molecule has 1 aliphatic heterocycles. The Morgan fingerprint density at radius 2 is 2.27 bits per heavy atom. The predicted molar refractivity (Wildman–Crippen MR) is 65.7 cm³/mol. The Kier molecular flexibility index (Phi) is 2.96. The first-order valence-electron chi connectivity index (χ1n) is 5.69. The Morgan fingerprint density at radius 1 is 1.47 bits per heavy atom. The first-order valence-corrected chi connectivity index (χ1v) is 5.69. The van der Waals surface area contributed by atoms with E-state index in [4.69, 9.17) is 0 Å². The van der Waals surface area contributed by atoms with Crippen LogP contribution in [-0.4, -0.2) is 27.2 Å². The largest absolute Gasteiger partial charge is 0.374 e. The zero-order chi connectivity index (χ0) is 10.8. The molecule has 0 saturated carbocycles. The van der Waals surface area contributed by atoms with E-state index in [2.05, 4.69) is 42.4 Å². The molecule has 0 fully saturated rings. The molecule has 82 valence electrons. The van der Waals surface area contributed by atoms with E-state index >= 15 is 0 Å². The van der Waals surface area contributed by atoms with Crippen LogP contribution in [0.4, 0.5) is 5.69 Å². The number of nitrogens with zero attached hydrogens (tertiary/aromatic N) is 1. The molecule has 1 aromatic carbocycles. The van der Waals surface area contributed by atoms with Gasteiger partial charge < -0.3 is 10.2 Å². The standard InChI is InChI=1S/C13H20N2/c1-10-5-4-6-12-13(10)11(7-8-14-2)9-15(12)3/h4-6,11,14H,7-9H2,1-3H3. The Balaban J connectivity index is 2.27. The summed E-state index contributed by atoms with van der Waals surface area (Å²) < 4.78 is 0. The van der Waals surface area contributed by atoms with Gasteiger partial charge in [-0.2, -0.15) is 0 Å². The first kappa shape index (κ1) is 10.5. The highest BCUT2D eigenvalue weighted by Gasteiger charge is 2.26. The van der Waals surface area contributed by atoms with Crippen LogP contribution in [0.25, 0.3) is 0 Å². The number of benzene rings is 1. The van der Waals surface area contributed by atoms with Crippen LogP contribution < -0.4 is 10.2 Å². The lowest BCUT2D eigenvalue weighted by Crippen LogP contribution is -2.18. The molecule has 2 rings (SSSR count). The lowest BCUT2D eigenvalue weighted by atomic mass is 9.94. The van der Waals surface area contributed by atoms with E-state index in [0.717, 1.165) is 6.54 Å². The fourth-order valence-electron chi connectivity index (χ4n) is 2.60. The van der Waals surface area contributed by atoms with Gasteiger partial charge in [-0.25, -0.2) is 0 Å². The number of likely N-dealkylation sites (N-methyl/N-ethyl adjacent to an activating group) is 1. The van der Waals surface area contributed by atoms with E-state index < -0.39 is 0 Å². The summed E-state index contributed by atoms with van der Waals surface area (Å²) in [6.45, 7) is 4.50. The molecule has 0 saturated heterocycles. The molecular weight excluding hydrogens is 184 g/mol. The molecule has 2 heteroatoms. The number of hydrogen-bond acceptors (Lipinski definition) is 2. The Bertz CT molecular complexity index is 346. The van der Waals surface area contributed by atoms with Crippen LogP contribution in [0, 0.1) is 6.92 Å². The second-order valence-electron chi connectivity index (χ2n) is 4.48. The molecule has 2 nitrogen and oxygen atoms in total. The molecule has 1 aromatic rings. The summed E-state index contributed by atoms with van der Waals surface area (Å²) in [4.78, 5) is 2.38. The lowest BCUT2D eigenvalue weighted by Gasteiger charge is -2.12. The fraction of sp³-hybridized carbons (Fsp3) is 0.538. The zero-order valence-electron chi connectivity index (χ0n) is 9.88. The average molecular weight is 204 g/mol. The number of fused-ring (bicyclic) bond motifs is 1. The van der Waals surface area contributed by atoms with Crippen molar-refractivity contribution in [1.82, 2.24) is 5.32 Å². The monoisotopic (exact) mass is 204 g/mol. The van der Waals surface area contributed by atoms with Gasteiger partial charge in [0.2, 0.25) is 0 Å². The van der Waals surface area contributed by atoms with Crippen LogP contribution in [-0.2, 0) is 0 Å². The summed E-state index contributed by atoms with van der Waals surface area (Å²) in [6, 6.07) is 6.62. The summed E-state index contributed by atoms with van der Waals surface area (Å²) in [5.41, 5.74) is 4.43. The van der Waals surface area contributed by atoms with E-state index in [1.807, 2.05) is 7.05 Å². The van der Waals surface area contributed by atoms with Crippen LogP contribution in [0.3, 0.4) is 0 Å². The molecule has 0 amide bonds. The van der Waals surface area contributed by atoms with Gasteiger partial charge in [-0.15, -0.1) is 0 Å². The van der Waals surface area contributed by atoms with Gasteiger partial charge in [0.05, 0.1) is 0 Å². The maximum absolute atomic E-state index is 3.24. The Labute approximate surface area is 92.3 Å². The molecule has 0 aromatic heterocycles. The minimum atomic E-state index is 0.707. The van der Waals surface area contributed by atoms with Crippen molar-refractivity contribution in [3.63, 3.8) is 0 Å². The maximum atomic E-state index is 3.24. The predicted octanol–water partition coefficient (Wildman–Crippen LogP) is 2.14. The zero-order valence-corrected chi connectivity index (χ0v) is 9.88. The third kappa shape index (κ3) is 1.86. The quantitative estimate of drug-likeness (QED) is 0.811. The normalized spacial score (nSPS) is 19.4. The molecule has 0 spiro atoms. The number of hydrogen-bond donors (Lipinski definition) is 1. The summed E-state index contributed by atoms with van der Waals surface area (Å²) in [5.74, 6) is 0.707. The third-order valence-electron chi connectivity index (χ3n) is 3.36. The highest BCUT2D eigenvalue weighted by Crippen LogP contribution is 2.38. The van der Waals surface area contributed by atoms with Gasteiger partial charge in [0.1, 0.15) is 0 Å². The Hall–Kier alpha value is -1.02. The van der Waals surface area contributed by atoms with Crippen molar-refractivity contribution in [3.05, 3.63) is 29.3 Å². The highest BCUT2D eigenvalue weighted by molar-refractivity contribution is 5.62. The van der Waals surface area contributed by atoms with Crippen LogP contribution in [0.1, 0.15) is 23.5 Å². The molecule has 1 N–H and O–H groups in total. The van der Waals surface area contributed by atoms with Gasteiger partial charge in [-0.3, -0.25) is 0 Å². The van der Waals surface area contributed by atoms with Crippen molar-refractivity contribution >= 4 is 5.69 Å². The van der Waals surface area contributed by atoms with Crippen molar-refractivity contribution in [2.75, 3.05) is 32.1 Å². The second-order valence-corrected chi connectivity index (χ2v) is 4.48. The Morgan fingerprint density at radius 3 is 3.00 bits per heavy atom. The lowest BCUT2D eigenvalue weighted by molar-refractivity contribution is 0.616.